The lowest BCUT2D eigenvalue weighted by Crippen LogP contribution is -2.57. The number of benzene rings is 6. The van der Waals surface area contributed by atoms with E-state index in [2.05, 4.69) is 0 Å². The maximum atomic E-state index is 12.5. The predicted molar refractivity (Wildman–Crippen MR) is 212 cm³/mol. The van der Waals surface area contributed by atoms with Crippen molar-refractivity contribution in [3.63, 3.8) is 0 Å². The fourth-order valence-corrected chi connectivity index (χ4v) is 9.32. The first-order chi connectivity index (χ1) is 30.0. The quantitative estimate of drug-likeness (QED) is 0.110. The van der Waals surface area contributed by atoms with Crippen LogP contribution < -0.4 is 18.9 Å². The molecule has 63 heavy (non-hydrogen) atoms. The molecule has 0 spiro atoms. The van der Waals surface area contributed by atoms with Gasteiger partial charge in [-0.1, -0.05) is 12.1 Å². The molecule has 4 aliphatic rings. The molecule has 14 N–H and O–H groups in total. The maximum Gasteiger partial charge on any atom is 0.305 e. The van der Waals surface area contributed by atoms with Gasteiger partial charge in [0.2, 0.25) is 0 Å². The van der Waals surface area contributed by atoms with Gasteiger partial charge in [-0.25, -0.2) is 0 Å². The second-order valence-corrected chi connectivity index (χ2v) is 15.9. The SMILES string of the molecule is Oc1cc(O)c2c(c1)O[C@@]1(c3ccc(O)c(O)c3)Oc3cc(O)c4c(c3[C@H]2[C@@H]1O)O[C@H](c1ccc(O)c(O)c1)[C@H](O)[C@@H]4c1c(O)cc(O)c2c1O[C@H](c1ccc(O)c(O)c1)[C@H](O)C2. The van der Waals surface area contributed by atoms with E-state index in [1.165, 1.54) is 18.2 Å². The molecule has 10 rings (SSSR count). The number of aliphatic hydroxyl groups excluding tert-OH is 3. The lowest BCUT2D eigenvalue weighted by Gasteiger charge is -2.51. The molecular weight excluding hydrogens is 828 g/mol. The van der Waals surface area contributed by atoms with E-state index in [9.17, 15) is 71.5 Å². The second kappa shape index (κ2) is 13.6. The number of hydrogen-bond acceptors (Lipinski definition) is 18. The Balaban J connectivity index is 1.25. The predicted octanol–water partition coefficient (Wildman–Crippen LogP) is 4.24. The highest BCUT2D eigenvalue weighted by molar-refractivity contribution is 5.72. The number of rotatable bonds is 4. The Bertz CT molecular complexity index is 2910. The van der Waals surface area contributed by atoms with Crippen molar-refractivity contribution < 1.29 is 90.4 Å². The Labute approximate surface area is 354 Å². The smallest absolute Gasteiger partial charge is 0.305 e. The molecule has 6 aromatic carbocycles. The Morgan fingerprint density at radius 1 is 0.444 bits per heavy atom. The number of aliphatic hydroxyl groups is 3. The highest BCUT2D eigenvalue weighted by Crippen LogP contribution is 2.65. The zero-order chi connectivity index (χ0) is 44.5. The minimum atomic E-state index is -2.31. The summed E-state index contributed by atoms with van der Waals surface area (Å²) in [6.45, 7) is 0. The summed E-state index contributed by atoms with van der Waals surface area (Å²) in [5, 5.41) is 155. The molecule has 0 radical (unpaired) electrons. The Kier molecular flexibility index (Phi) is 8.49. The molecule has 0 aliphatic carbocycles. The first-order valence-electron chi connectivity index (χ1n) is 19.3. The van der Waals surface area contributed by atoms with Gasteiger partial charge in [0.05, 0.1) is 17.9 Å². The van der Waals surface area contributed by atoms with E-state index in [-0.39, 0.29) is 73.9 Å². The van der Waals surface area contributed by atoms with Gasteiger partial charge >= 0.3 is 5.79 Å². The zero-order valence-corrected chi connectivity index (χ0v) is 32.1. The average molecular weight is 865 g/mol. The number of phenolic OH excluding ortho intramolecular Hbond substituents is 11. The van der Waals surface area contributed by atoms with Crippen LogP contribution in [0.15, 0.2) is 78.9 Å². The molecule has 2 bridgehead atoms. The summed E-state index contributed by atoms with van der Waals surface area (Å²) >= 11 is 0. The van der Waals surface area contributed by atoms with Crippen LogP contribution in [-0.2, 0) is 12.2 Å². The summed E-state index contributed by atoms with van der Waals surface area (Å²) in [6, 6.07) is 14.8. The lowest BCUT2D eigenvalue weighted by molar-refractivity contribution is -0.219. The molecule has 4 heterocycles. The van der Waals surface area contributed by atoms with Crippen molar-refractivity contribution in [1.82, 2.24) is 0 Å². The van der Waals surface area contributed by atoms with Gasteiger partial charge in [-0.2, -0.15) is 0 Å². The molecule has 0 unspecified atom stereocenters. The van der Waals surface area contributed by atoms with Crippen molar-refractivity contribution >= 4 is 0 Å². The Morgan fingerprint density at radius 3 is 1.62 bits per heavy atom. The van der Waals surface area contributed by atoms with Crippen LogP contribution in [0.25, 0.3) is 0 Å². The van der Waals surface area contributed by atoms with E-state index in [1.807, 2.05) is 0 Å². The van der Waals surface area contributed by atoms with Crippen LogP contribution >= 0.6 is 0 Å². The van der Waals surface area contributed by atoms with Crippen molar-refractivity contribution in [2.24, 2.45) is 0 Å². The molecule has 8 atom stereocenters. The minimum Gasteiger partial charge on any atom is -0.508 e. The summed E-state index contributed by atoms with van der Waals surface area (Å²) in [5.74, 6) is -12.6. The molecule has 0 fully saturated rings. The van der Waals surface area contributed by atoms with Crippen molar-refractivity contribution in [3.05, 3.63) is 123 Å². The number of ether oxygens (including phenoxy) is 4. The standard InChI is InChI=1S/C45H36O18/c46-18-10-27(54)33-31(11-18)62-45(17-3-6-22(49)26(53)9-17)44(59)38(33)36-32(63-45)14-29(56)35-37(39(58)41(61-43(35)36)16-2-5-21(48)25(52)8-16)34-28(55)13-23(50)19-12-30(57)40(60-42(19)34)15-1-4-20(47)24(51)7-15/h1-11,13-14,30,37-41,44,46-59H,12H2/t30-,37-,38+,39-,40-,41-,44+,45+/m1/s1. The summed E-state index contributed by atoms with van der Waals surface area (Å²) in [6.07, 6.45) is -8.29. The third-order valence-corrected chi connectivity index (χ3v) is 12.2. The first-order valence-corrected chi connectivity index (χ1v) is 19.3. The van der Waals surface area contributed by atoms with E-state index < -0.39 is 111 Å². The van der Waals surface area contributed by atoms with Gasteiger partial charge in [0.25, 0.3) is 0 Å². The molecule has 6 aromatic rings. The maximum absolute atomic E-state index is 12.5. The molecule has 18 heteroatoms. The van der Waals surface area contributed by atoms with Gasteiger partial charge in [0, 0.05) is 64.1 Å². The van der Waals surface area contributed by atoms with Crippen LogP contribution in [0.1, 0.15) is 68.6 Å². The number of fused-ring (bicyclic) bond motifs is 9. The van der Waals surface area contributed by atoms with Crippen molar-refractivity contribution in [3.8, 4) is 86.2 Å². The topological polar surface area (TPSA) is 320 Å². The van der Waals surface area contributed by atoms with E-state index in [0.29, 0.717) is 0 Å². The molecule has 4 aliphatic heterocycles. The van der Waals surface area contributed by atoms with Crippen LogP contribution in [-0.4, -0.2) is 89.8 Å². The van der Waals surface area contributed by atoms with E-state index >= 15 is 0 Å². The van der Waals surface area contributed by atoms with Crippen molar-refractivity contribution in [2.75, 3.05) is 0 Å². The monoisotopic (exact) mass is 864 g/mol. The highest BCUT2D eigenvalue weighted by Gasteiger charge is 2.61. The Morgan fingerprint density at radius 2 is 0.984 bits per heavy atom. The molecular formula is C45H36O18. The molecule has 0 amide bonds. The Hall–Kier alpha value is -7.80. The molecule has 324 valence electrons. The zero-order valence-electron chi connectivity index (χ0n) is 32.1. The fourth-order valence-electron chi connectivity index (χ4n) is 9.32. The van der Waals surface area contributed by atoms with E-state index in [4.69, 9.17) is 18.9 Å². The summed E-state index contributed by atoms with van der Waals surface area (Å²) in [7, 11) is 0. The molecule has 0 saturated heterocycles. The van der Waals surface area contributed by atoms with Crippen LogP contribution in [0.2, 0.25) is 0 Å². The van der Waals surface area contributed by atoms with Gasteiger partial charge in [0.1, 0.15) is 70.1 Å². The third kappa shape index (κ3) is 5.68. The van der Waals surface area contributed by atoms with Crippen molar-refractivity contribution in [1.29, 1.82) is 0 Å². The molecule has 0 saturated carbocycles. The largest absolute Gasteiger partial charge is 0.508 e. The lowest BCUT2D eigenvalue weighted by atomic mass is 9.71. The normalized spacial score (nSPS) is 25.2. The van der Waals surface area contributed by atoms with Gasteiger partial charge in [-0.3, -0.25) is 0 Å². The first kappa shape index (κ1) is 39.3. The second-order valence-electron chi connectivity index (χ2n) is 15.9. The van der Waals surface area contributed by atoms with Gasteiger partial charge < -0.3 is 90.4 Å². The van der Waals surface area contributed by atoms with E-state index in [1.54, 1.807) is 0 Å². The highest BCUT2D eigenvalue weighted by atomic mass is 16.7. The summed E-state index contributed by atoms with van der Waals surface area (Å²) in [5.41, 5.74) is -0.583. The number of aromatic hydroxyl groups is 11. The van der Waals surface area contributed by atoms with Gasteiger partial charge in [-0.05, 0) is 53.6 Å². The van der Waals surface area contributed by atoms with Crippen LogP contribution in [0.3, 0.4) is 0 Å². The van der Waals surface area contributed by atoms with Crippen molar-refractivity contribution in [2.45, 2.75) is 54.6 Å². The summed E-state index contributed by atoms with van der Waals surface area (Å²) in [4.78, 5) is 0. The fraction of sp³-hybridized carbons (Fsp3) is 0.200. The summed E-state index contributed by atoms with van der Waals surface area (Å²) < 4.78 is 25.6. The molecule has 0 aromatic heterocycles. The molecule has 18 nitrogen and oxygen atoms in total. The van der Waals surface area contributed by atoms with Gasteiger partial charge in [0.15, 0.2) is 40.6 Å². The van der Waals surface area contributed by atoms with E-state index in [0.717, 1.165) is 60.7 Å². The van der Waals surface area contributed by atoms with Crippen LogP contribution in [0.4, 0.5) is 0 Å². The average Bonchev–Trinajstić information content (AvgIpc) is 3.22. The number of phenols is 11. The minimum absolute atomic E-state index is 0.0325. The van der Waals surface area contributed by atoms with Crippen LogP contribution in [0.5, 0.6) is 86.2 Å². The van der Waals surface area contributed by atoms with Gasteiger partial charge in [-0.15, -0.1) is 0 Å². The number of hydrogen-bond donors (Lipinski definition) is 14. The third-order valence-electron chi connectivity index (χ3n) is 12.2. The van der Waals surface area contributed by atoms with Crippen LogP contribution in [0, 0.1) is 0 Å².